The molecule has 0 atom stereocenters. The van der Waals surface area contributed by atoms with Crippen LogP contribution >= 0.6 is 11.8 Å². The fraction of sp³-hybridized carbons (Fsp3) is 0.318. The van der Waals surface area contributed by atoms with E-state index in [0.717, 1.165) is 23.9 Å². The number of carbonyl (C=O) groups excluding carboxylic acids is 1. The first kappa shape index (κ1) is 23.9. The first-order valence-corrected chi connectivity index (χ1v) is 11.3. The molecule has 0 radical (unpaired) electrons. The second kappa shape index (κ2) is 10.3. The van der Waals surface area contributed by atoms with E-state index in [2.05, 4.69) is 10.2 Å². The fourth-order valence-corrected chi connectivity index (χ4v) is 4.02. The summed E-state index contributed by atoms with van der Waals surface area (Å²) in [5.41, 5.74) is -0.209. The van der Waals surface area contributed by atoms with E-state index in [4.69, 9.17) is 9.15 Å². The highest BCUT2D eigenvalue weighted by Gasteiger charge is 2.31. The van der Waals surface area contributed by atoms with Crippen LogP contribution in [0.3, 0.4) is 0 Å². The molecule has 180 valence electrons. The van der Waals surface area contributed by atoms with E-state index in [9.17, 15) is 22.4 Å². The molecule has 1 saturated heterocycles. The summed E-state index contributed by atoms with van der Waals surface area (Å²) in [5, 5.41) is 7.95. The number of carbonyl (C=O) groups is 1. The van der Waals surface area contributed by atoms with Crippen molar-refractivity contribution in [3.8, 4) is 5.75 Å². The molecule has 1 amide bonds. The minimum Gasteiger partial charge on any atom is -0.484 e. The summed E-state index contributed by atoms with van der Waals surface area (Å²) >= 11 is 1.09. The van der Waals surface area contributed by atoms with E-state index in [1.807, 2.05) is 4.90 Å². The van der Waals surface area contributed by atoms with Gasteiger partial charge in [0.2, 0.25) is 5.91 Å². The zero-order valence-corrected chi connectivity index (χ0v) is 18.6. The molecule has 4 rings (SSSR count). The Balaban J connectivity index is 1.22. The van der Waals surface area contributed by atoms with Crippen LogP contribution in [0.25, 0.3) is 0 Å². The molecule has 2 heterocycles. The lowest BCUT2D eigenvalue weighted by Gasteiger charge is -2.36. The largest absolute Gasteiger partial charge is 0.484 e. The molecule has 2 aromatic carbocycles. The van der Waals surface area contributed by atoms with Gasteiger partial charge in [-0.05, 0) is 42.5 Å². The number of rotatable bonds is 7. The van der Waals surface area contributed by atoms with Gasteiger partial charge in [-0.2, -0.15) is 13.2 Å². The van der Waals surface area contributed by atoms with Crippen molar-refractivity contribution in [2.75, 3.05) is 36.8 Å². The zero-order valence-electron chi connectivity index (χ0n) is 17.8. The molecule has 12 heteroatoms. The van der Waals surface area contributed by atoms with Crippen molar-refractivity contribution in [1.29, 1.82) is 0 Å². The predicted octanol–water partition coefficient (Wildman–Crippen LogP) is 4.25. The van der Waals surface area contributed by atoms with Crippen LogP contribution in [0.5, 0.6) is 5.75 Å². The van der Waals surface area contributed by atoms with Gasteiger partial charge >= 0.3 is 6.18 Å². The lowest BCUT2D eigenvalue weighted by Crippen LogP contribution is -2.49. The highest BCUT2D eigenvalue weighted by atomic mass is 32.2. The van der Waals surface area contributed by atoms with Crippen LogP contribution in [0, 0.1) is 5.82 Å². The Morgan fingerprint density at radius 1 is 1.06 bits per heavy atom. The number of hydrogen-bond donors (Lipinski definition) is 0. The molecule has 1 fully saturated rings. The molecule has 3 aromatic rings. The number of piperazine rings is 1. The van der Waals surface area contributed by atoms with Crippen LogP contribution in [-0.4, -0.2) is 52.9 Å². The van der Waals surface area contributed by atoms with E-state index in [1.54, 1.807) is 11.0 Å². The number of benzene rings is 2. The van der Waals surface area contributed by atoms with Crippen LogP contribution in [0.2, 0.25) is 0 Å². The van der Waals surface area contributed by atoms with Crippen molar-refractivity contribution in [3.05, 3.63) is 65.8 Å². The van der Waals surface area contributed by atoms with Gasteiger partial charge in [0.1, 0.15) is 11.6 Å². The van der Waals surface area contributed by atoms with Crippen LogP contribution in [0.15, 0.2) is 58.2 Å². The number of nitrogens with zero attached hydrogens (tertiary/aromatic N) is 4. The lowest BCUT2D eigenvalue weighted by molar-refractivity contribution is -0.137. The highest BCUT2D eigenvalue weighted by molar-refractivity contribution is 7.99. The number of thioether (sulfide) groups is 1. The number of ether oxygens (including phenoxy) is 1. The number of hydrogen-bond acceptors (Lipinski definition) is 7. The number of halogens is 4. The molecule has 1 aromatic heterocycles. The Morgan fingerprint density at radius 3 is 2.50 bits per heavy atom. The van der Waals surface area contributed by atoms with Gasteiger partial charge in [-0.15, -0.1) is 10.2 Å². The minimum absolute atomic E-state index is 0.00460. The summed E-state index contributed by atoms with van der Waals surface area (Å²) in [6, 6.07) is 10.7. The molecule has 0 saturated carbocycles. The number of aromatic nitrogens is 2. The van der Waals surface area contributed by atoms with Gasteiger partial charge in [0.05, 0.1) is 11.3 Å². The lowest BCUT2D eigenvalue weighted by atomic mass is 10.1. The average molecular weight is 496 g/mol. The molecule has 0 bridgehead atoms. The number of alkyl halides is 3. The van der Waals surface area contributed by atoms with E-state index >= 15 is 0 Å². The van der Waals surface area contributed by atoms with Gasteiger partial charge in [-0.25, -0.2) is 4.39 Å². The monoisotopic (exact) mass is 496 g/mol. The summed E-state index contributed by atoms with van der Waals surface area (Å²) in [6.45, 7) is 1.67. The summed E-state index contributed by atoms with van der Waals surface area (Å²) in [5.74, 6) is 0.257. The maximum atomic E-state index is 13.0. The van der Waals surface area contributed by atoms with Crippen molar-refractivity contribution in [3.63, 3.8) is 0 Å². The smallest absolute Gasteiger partial charge is 0.416 e. The normalized spacial score (nSPS) is 14.4. The highest BCUT2D eigenvalue weighted by Crippen LogP contribution is 2.32. The van der Waals surface area contributed by atoms with E-state index in [1.165, 1.54) is 30.3 Å². The molecule has 0 aliphatic carbocycles. The van der Waals surface area contributed by atoms with Gasteiger partial charge in [0.15, 0.2) is 6.61 Å². The first-order valence-electron chi connectivity index (χ1n) is 10.3. The molecule has 1 aliphatic heterocycles. The molecular formula is C22H20F4N4O3S. The standard InChI is InChI=1S/C22H20F4N4O3S/c23-16-4-6-18(7-5-16)32-13-19-27-28-21(33-19)34-14-20(31)30-10-8-29(9-11-30)17-3-1-2-15(12-17)22(24,25)26/h1-7,12H,8-11,13-14H2. The topological polar surface area (TPSA) is 71.7 Å². The average Bonchev–Trinajstić information content (AvgIpc) is 3.30. The molecular weight excluding hydrogens is 476 g/mol. The molecule has 7 nitrogen and oxygen atoms in total. The Morgan fingerprint density at radius 2 is 1.79 bits per heavy atom. The second-order valence-corrected chi connectivity index (χ2v) is 8.34. The fourth-order valence-electron chi connectivity index (χ4n) is 3.34. The van der Waals surface area contributed by atoms with Crippen molar-refractivity contribution in [1.82, 2.24) is 15.1 Å². The molecule has 0 spiro atoms. The van der Waals surface area contributed by atoms with E-state index < -0.39 is 11.7 Å². The van der Waals surface area contributed by atoms with E-state index in [-0.39, 0.29) is 35.2 Å². The number of anilines is 1. The van der Waals surface area contributed by atoms with Crippen LogP contribution in [-0.2, 0) is 17.6 Å². The number of amides is 1. The Kier molecular flexibility index (Phi) is 7.25. The van der Waals surface area contributed by atoms with Gasteiger partial charge in [-0.3, -0.25) is 4.79 Å². The SMILES string of the molecule is O=C(CSc1nnc(COc2ccc(F)cc2)o1)N1CCN(c2cccc(C(F)(F)F)c2)CC1. The predicted molar refractivity (Wildman–Crippen MR) is 116 cm³/mol. The third kappa shape index (κ3) is 6.19. The van der Waals surface area contributed by atoms with Gasteiger partial charge < -0.3 is 19.0 Å². The van der Waals surface area contributed by atoms with Crippen molar-refractivity contribution >= 4 is 23.4 Å². The maximum absolute atomic E-state index is 13.0. The van der Waals surface area contributed by atoms with E-state index in [0.29, 0.717) is 37.6 Å². The van der Waals surface area contributed by atoms with Crippen LogP contribution in [0.4, 0.5) is 23.2 Å². The van der Waals surface area contributed by atoms with Crippen LogP contribution in [0.1, 0.15) is 11.5 Å². The summed E-state index contributed by atoms with van der Waals surface area (Å²) in [6.07, 6.45) is -4.40. The Bertz CT molecular complexity index is 1120. The quantitative estimate of drug-likeness (QED) is 0.358. The van der Waals surface area contributed by atoms with Crippen molar-refractivity contribution in [2.24, 2.45) is 0 Å². The Labute approximate surface area is 196 Å². The van der Waals surface area contributed by atoms with Crippen LogP contribution < -0.4 is 9.64 Å². The van der Waals surface area contributed by atoms with Gasteiger partial charge in [-0.1, -0.05) is 17.8 Å². The summed E-state index contributed by atoms with van der Waals surface area (Å²) in [7, 11) is 0. The maximum Gasteiger partial charge on any atom is 0.416 e. The minimum atomic E-state index is -4.40. The third-order valence-electron chi connectivity index (χ3n) is 5.11. The van der Waals surface area contributed by atoms with Gasteiger partial charge in [0.25, 0.3) is 11.1 Å². The summed E-state index contributed by atoms with van der Waals surface area (Å²) < 4.78 is 62.7. The van der Waals surface area contributed by atoms with Gasteiger partial charge in [0, 0.05) is 31.9 Å². The molecule has 0 unspecified atom stereocenters. The third-order valence-corrected chi connectivity index (χ3v) is 5.92. The van der Waals surface area contributed by atoms with Crippen molar-refractivity contribution in [2.45, 2.75) is 18.0 Å². The summed E-state index contributed by atoms with van der Waals surface area (Å²) in [4.78, 5) is 16.0. The Hall–Kier alpha value is -3.28. The molecule has 34 heavy (non-hydrogen) atoms. The van der Waals surface area contributed by atoms with Crippen molar-refractivity contribution < 1.29 is 31.5 Å². The first-order chi connectivity index (χ1) is 16.3. The zero-order chi connectivity index (χ0) is 24.1. The molecule has 0 N–H and O–H groups in total. The molecule has 1 aliphatic rings. The second-order valence-electron chi connectivity index (χ2n) is 7.41.